The molecule has 4 heteroatoms. The third-order valence-corrected chi connectivity index (χ3v) is 4.23. The van der Waals surface area contributed by atoms with Crippen LogP contribution < -0.4 is 0 Å². The maximum absolute atomic E-state index is 11.2. The second kappa shape index (κ2) is 8.66. The number of carboxylic acids is 1. The molecule has 0 unspecified atom stereocenters. The predicted octanol–water partition coefficient (Wildman–Crippen LogP) is 4.34. The molecule has 0 amide bonds. The van der Waals surface area contributed by atoms with Gasteiger partial charge in [0.2, 0.25) is 0 Å². The van der Waals surface area contributed by atoms with Gasteiger partial charge in [-0.3, -0.25) is 0 Å². The highest BCUT2D eigenvalue weighted by atomic mass is 16.5. The number of aliphatic carboxylic acids is 1. The second-order valence-corrected chi connectivity index (χ2v) is 5.86. The van der Waals surface area contributed by atoms with Crippen LogP contribution in [-0.4, -0.2) is 24.3 Å². The number of carboxylic acid groups (broad SMARTS) is 1. The molecule has 1 N–H and O–H groups in total. The number of rotatable bonds is 9. The zero-order valence-electron chi connectivity index (χ0n) is 13.4. The van der Waals surface area contributed by atoms with E-state index in [1.807, 2.05) is 0 Å². The lowest BCUT2D eigenvalue weighted by molar-refractivity contribution is -0.132. The van der Waals surface area contributed by atoms with E-state index in [2.05, 4.69) is 12.2 Å². The van der Waals surface area contributed by atoms with Crippen LogP contribution in [0.25, 0.3) is 0 Å². The fourth-order valence-electron chi connectivity index (χ4n) is 2.81. The standard InChI is InChI=1S/C18H26O4/c1-14(18(19)20)15(10-12-21-16-6-2-3-7-16)11-13-22-17-8-4-5-9-17/h6,8H,2-5,7,9-13H2,1H3,(H,19,20). The first-order chi connectivity index (χ1) is 10.7. The summed E-state index contributed by atoms with van der Waals surface area (Å²) in [6.07, 6.45) is 12.1. The predicted molar refractivity (Wildman–Crippen MR) is 85.3 cm³/mol. The minimum Gasteiger partial charge on any atom is -0.498 e. The number of hydrogen-bond acceptors (Lipinski definition) is 3. The summed E-state index contributed by atoms with van der Waals surface area (Å²) < 4.78 is 11.4. The van der Waals surface area contributed by atoms with Gasteiger partial charge < -0.3 is 14.6 Å². The Morgan fingerprint density at radius 1 is 1.05 bits per heavy atom. The van der Waals surface area contributed by atoms with Crippen molar-refractivity contribution < 1.29 is 19.4 Å². The maximum Gasteiger partial charge on any atom is 0.331 e. The summed E-state index contributed by atoms with van der Waals surface area (Å²) in [5, 5.41) is 9.21. The molecule has 22 heavy (non-hydrogen) atoms. The van der Waals surface area contributed by atoms with Crippen molar-refractivity contribution in [3.05, 3.63) is 34.8 Å². The van der Waals surface area contributed by atoms with Gasteiger partial charge in [0.1, 0.15) is 0 Å². The third kappa shape index (κ3) is 5.24. The molecular formula is C18H26O4. The van der Waals surface area contributed by atoms with Crippen LogP contribution in [0.1, 0.15) is 58.3 Å². The van der Waals surface area contributed by atoms with E-state index in [0.717, 1.165) is 55.6 Å². The van der Waals surface area contributed by atoms with Gasteiger partial charge >= 0.3 is 5.97 Å². The lowest BCUT2D eigenvalue weighted by Gasteiger charge is -2.13. The van der Waals surface area contributed by atoms with E-state index >= 15 is 0 Å². The molecule has 0 aromatic carbocycles. The van der Waals surface area contributed by atoms with Gasteiger partial charge in [-0.15, -0.1) is 0 Å². The normalized spacial score (nSPS) is 17.0. The molecule has 2 rings (SSSR count). The van der Waals surface area contributed by atoms with Gasteiger partial charge in [-0.1, -0.05) is 5.57 Å². The number of carbonyl (C=O) groups is 1. The highest BCUT2D eigenvalue weighted by Crippen LogP contribution is 2.22. The number of hydrogen-bond donors (Lipinski definition) is 1. The van der Waals surface area contributed by atoms with E-state index in [9.17, 15) is 9.90 Å². The lowest BCUT2D eigenvalue weighted by Crippen LogP contribution is -2.07. The van der Waals surface area contributed by atoms with Gasteiger partial charge in [-0.25, -0.2) is 4.79 Å². The van der Waals surface area contributed by atoms with Gasteiger partial charge in [0.05, 0.1) is 24.7 Å². The van der Waals surface area contributed by atoms with Crippen molar-refractivity contribution >= 4 is 5.97 Å². The fraction of sp³-hybridized carbons (Fsp3) is 0.611. The summed E-state index contributed by atoms with van der Waals surface area (Å²) >= 11 is 0. The average molecular weight is 306 g/mol. The van der Waals surface area contributed by atoms with E-state index in [4.69, 9.17) is 9.47 Å². The van der Waals surface area contributed by atoms with Crippen LogP contribution in [0.5, 0.6) is 0 Å². The molecule has 2 aliphatic carbocycles. The van der Waals surface area contributed by atoms with Gasteiger partial charge in [0, 0.05) is 31.3 Å². The van der Waals surface area contributed by atoms with Crippen molar-refractivity contribution in [1.82, 2.24) is 0 Å². The Kier molecular flexibility index (Phi) is 6.56. The first kappa shape index (κ1) is 16.7. The van der Waals surface area contributed by atoms with Crippen LogP contribution in [0.3, 0.4) is 0 Å². The summed E-state index contributed by atoms with van der Waals surface area (Å²) in [6.45, 7) is 2.77. The number of ether oxygens (including phenoxy) is 2. The molecule has 2 aliphatic rings. The molecular weight excluding hydrogens is 280 g/mol. The Labute approximate surface area is 132 Å². The molecule has 0 spiro atoms. The first-order valence-corrected chi connectivity index (χ1v) is 8.22. The van der Waals surface area contributed by atoms with Crippen molar-refractivity contribution in [3.63, 3.8) is 0 Å². The first-order valence-electron chi connectivity index (χ1n) is 8.22. The Morgan fingerprint density at radius 3 is 1.91 bits per heavy atom. The summed E-state index contributed by atoms with van der Waals surface area (Å²) in [4.78, 5) is 11.2. The van der Waals surface area contributed by atoms with Crippen LogP contribution >= 0.6 is 0 Å². The van der Waals surface area contributed by atoms with Crippen LogP contribution in [0.4, 0.5) is 0 Å². The van der Waals surface area contributed by atoms with Gasteiger partial charge in [-0.2, -0.15) is 0 Å². The van der Waals surface area contributed by atoms with Gasteiger partial charge in [0.25, 0.3) is 0 Å². The second-order valence-electron chi connectivity index (χ2n) is 5.86. The summed E-state index contributed by atoms with van der Waals surface area (Å²) in [5.74, 6) is 1.26. The molecule has 0 aliphatic heterocycles. The van der Waals surface area contributed by atoms with Crippen molar-refractivity contribution in [3.8, 4) is 0 Å². The molecule has 0 heterocycles. The topological polar surface area (TPSA) is 55.8 Å². The SMILES string of the molecule is CC(C(=O)O)=C(CCOC1=CCCC1)CCOC1=CCCC1. The molecule has 122 valence electrons. The van der Waals surface area contributed by atoms with E-state index in [0.29, 0.717) is 31.6 Å². The molecule has 4 nitrogen and oxygen atoms in total. The molecule has 0 fully saturated rings. The van der Waals surface area contributed by atoms with E-state index in [1.54, 1.807) is 6.92 Å². The van der Waals surface area contributed by atoms with Crippen molar-refractivity contribution in [2.24, 2.45) is 0 Å². The smallest absolute Gasteiger partial charge is 0.331 e. The van der Waals surface area contributed by atoms with Crippen molar-refractivity contribution in [2.45, 2.75) is 58.3 Å². The molecule has 0 bridgehead atoms. The van der Waals surface area contributed by atoms with E-state index < -0.39 is 5.97 Å². The highest BCUT2D eigenvalue weighted by molar-refractivity contribution is 5.86. The molecule has 0 atom stereocenters. The fourth-order valence-corrected chi connectivity index (χ4v) is 2.81. The van der Waals surface area contributed by atoms with Crippen LogP contribution in [0.15, 0.2) is 34.8 Å². The largest absolute Gasteiger partial charge is 0.498 e. The minimum absolute atomic E-state index is 0.424. The highest BCUT2D eigenvalue weighted by Gasteiger charge is 2.12. The molecule has 0 radical (unpaired) electrons. The molecule has 0 saturated carbocycles. The van der Waals surface area contributed by atoms with Crippen LogP contribution in [0, 0.1) is 0 Å². The van der Waals surface area contributed by atoms with Crippen LogP contribution in [-0.2, 0) is 14.3 Å². The van der Waals surface area contributed by atoms with Gasteiger partial charge in [-0.05, 0) is 44.8 Å². The monoisotopic (exact) mass is 306 g/mol. The van der Waals surface area contributed by atoms with E-state index in [1.165, 1.54) is 0 Å². The van der Waals surface area contributed by atoms with Crippen molar-refractivity contribution in [2.75, 3.05) is 13.2 Å². The summed E-state index contributed by atoms with van der Waals surface area (Å²) in [6, 6.07) is 0. The van der Waals surface area contributed by atoms with E-state index in [-0.39, 0.29) is 0 Å². The van der Waals surface area contributed by atoms with Gasteiger partial charge in [0.15, 0.2) is 0 Å². The summed E-state index contributed by atoms with van der Waals surface area (Å²) in [5.41, 5.74) is 1.35. The zero-order valence-corrected chi connectivity index (χ0v) is 13.4. The summed E-state index contributed by atoms with van der Waals surface area (Å²) in [7, 11) is 0. The molecule has 0 saturated heterocycles. The minimum atomic E-state index is -0.852. The third-order valence-electron chi connectivity index (χ3n) is 4.23. The Bertz CT molecular complexity index is 453. The lowest BCUT2D eigenvalue weighted by atomic mass is 10.0. The molecule has 0 aromatic heterocycles. The number of allylic oxidation sites excluding steroid dienone is 4. The maximum atomic E-state index is 11.2. The zero-order chi connectivity index (χ0) is 15.8. The quantitative estimate of drug-likeness (QED) is 0.644. The molecule has 0 aromatic rings. The average Bonchev–Trinajstić information content (AvgIpc) is 3.18. The van der Waals surface area contributed by atoms with Crippen molar-refractivity contribution in [1.29, 1.82) is 0 Å². The Morgan fingerprint density at radius 2 is 1.55 bits per heavy atom. The Hall–Kier alpha value is -1.71. The van der Waals surface area contributed by atoms with Crippen LogP contribution in [0.2, 0.25) is 0 Å². The Balaban J connectivity index is 1.80.